The van der Waals surface area contributed by atoms with Gasteiger partial charge in [-0.1, -0.05) is 0 Å². The van der Waals surface area contributed by atoms with E-state index in [0.717, 1.165) is 53.4 Å². The average Bonchev–Trinajstić information content (AvgIpc) is 3.23. The number of nitrogens with zero attached hydrogens (tertiary/aromatic N) is 6. The molecule has 2 aliphatic heterocycles. The highest BCUT2D eigenvalue weighted by Gasteiger charge is 2.30. The summed E-state index contributed by atoms with van der Waals surface area (Å²) in [6.45, 7) is 11.2. The lowest BCUT2D eigenvalue weighted by molar-refractivity contribution is 0.167. The van der Waals surface area contributed by atoms with Gasteiger partial charge in [0.25, 0.3) is 0 Å². The lowest BCUT2D eigenvalue weighted by Gasteiger charge is -2.39. The molecule has 25 heavy (non-hydrogen) atoms. The summed E-state index contributed by atoms with van der Waals surface area (Å²) in [6, 6.07) is 0.719. The van der Waals surface area contributed by atoms with Crippen LogP contribution in [-0.4, -0.2) is 56.9 Å². The number of hydrogen-bond acceptors (Lipinski definition) is 5. The Hall–Kier alpha value is -1.69. The number of anilines is 1. The van der Waals surface area contributed by atoms with Gasteiger partial charge in [-0.2, -0.15) is 5.10 Å². The molecule has 0 saturated carbocycles. The number of aromatic nitrogens is 4. The predicted molar refractivity (Wildman–Crippen MR) is 101 cm³/mol. The molecule has 2 fully saturated rings. The first-order valence-electron chi connectivity index (χ1n) is 9.71. The molecule has 6 heteroatoms. The van der Waals surface area contributed by atoms with Gasteiger partial charge in [-0.25, -0.2) is 9.97 Å². The van der Waals surface area contributed by atoms with Gasteiger partial charge in [-0.3, -0.25) is 4.68 Å². The van der Waals surface area contributed by atoms with Crippen LogP contribution in [0.4, 0.5) is 5.82 Å². The Morgan fingerprint density at radius 3 is 2.36 bits per heavy atom. The average molecular weight is 342 g/mol. The van der Waals surface area contributed by atoms with Gasteiger partial charge in [-0.15, -0.1) is 0 Å². The second-order valence-corrected chi connectivity index (χ2v) is 7.81. The van der Waals surface area contributed by atoms with Crippen molar-refractivity contribution >= 4 is 16.9 Å². The summed E-state index contributed by atoms with van der Waals surface area (Å²) in [5.74, 6) is 2.72. The maximum Gasteiger partial charge on any atom is 0.163 e. The fourth-order valence-electron chi connectivity index (χ4n) is 4.69. The van der Waals surface area contributed by atoms with Crippen molar-refractivity contribution in [1.29, 1.82) is 0 Å². The first-order valence-corrected chi connectivity index (χ1v) is 9.71. The molecule has 136 valence electrons. The normalized spacial score (nSPS) is 21.4. The SMILES string of the molecule is Cc1nc(N2CCC([C@@H](C)N3CCCC3)CC2)c2c(C)nn(C)c2n1. The van der Waals surface area contributed by atoms with E-state index in [1.807, 2.05) is 18.7 Å². The summed E-state index contributed by atoms with van der Waals surface area (Å²) in [5.41, 5.74) is 1.98. The molecule has 0 N–H and O–H groups in total. The van der Waals surface area contributed by atoms with Crippen LogP contribution < -0.4 is 4.90 Å². The van der Waals surface area contributed by atoms with E-state index in [4.69, 9.17) is 4.98 Å². The van der Waals surface area contributed by atoms with Crippen molar-refractivity contribution in [3.8, 4) is 0 Å². The minimum Gasteiger partial charge on any atom is -0.356 e. The summed E-state index contributed by atoms with van der Waals surface area (Å²) < 4.78 is 1.88. The van der Waals surface area contributed by atoms with Crippen LogP contribution in [0.15, 0.2) is 0 Å². The molecule has 6 nitrogen and oxygen atoms in total. The highest BCUT2D eigenvalue weighted by Crippen LogP contribution is 2.32. The van der Waals surface area contributed by atoms with Crippen LogP contribution in [0.5, 0.6) is 0 Å². The fourth-order valence-corrected chi connectivity index (χ4v) is 4.69. The zero-order valence-electron chi connectivity index (χ0n) is 16.0. The summed E-state index contributed by atoms with van der Waals surface area (Å²) in [5, 5.41) is 5.69. The van der Waals surface area contributed by atoms with Crippen molar-refractivity contribution in [1.82, 2.24) is 24.6 Å². The van der Waals surface area contributed by atoms with Crippen LogP contribution >= 0.6 is 0 Å². The molecule has 0 bridgehead atoms. The second kappa shape index (κ2) is 6.56. The summed E-state index contributed by atoms with van der Waals surface area (Å²) in [6.07, 6.45) is 5.26. The molecule has 0 radical (unpaired) electrons. The van der Waals surface area contributed by atoms with E-state index in [1.54, 1.807) is 0 Å². The van der Waals surface area contributed by atoms with Crippen molar-refractivity contribution in [2.45, 2.75) is 52.5 Å². The molecule has 4 rings (SSSR count). The molecule has 2 aliphatic rings. The summed E-state index contributed by atoms with van der Waals surface area (Å²) in [4.78, 5) is 14.6. The molecule has 2 saturated heterocycles. The van der Waals surface area contributed by atoms with Crippen LogP contribution in [0.25, 0.3) is 11.0 Å². The number of fused-ring (bicyclic) bond motifs is 1. The number of aryl methyl sites for hydroxylation is 3. The summed E-state index contributed by atoms with van der Waals surface area (Å²) in [7, 11) is 1.97. The zero-order chi connectivity index (χ0) is 17.6. The molecule has 4 heterocycles. The van der Waals surface area contributed by atoms with Crippen LogP contribution in [0.1, 0.15) is 44.1 Å². The van der Waals surface area contributed by atoms with Gasteiger partial charge >= 0.3 is 0 Å². The van der Waals surface area contributed by atoms with E-state index in [1.165, 1.54) is 38.8 Å². The fraction of sp³-hybridized carbons (Fsp3) is 0.737. The van der Waals surface area contributed by atoms with Crippen LogP contribution in [0.2, 0.25) is 0 Å². The van der Waals surface area contributed by atoms with Gasteiger partial charge in [0.1, 0.15) is 11.6 Å². The Balaban J connectivity index is 1.54. The van der Waals surface area contributed by atoms with Gasteiger partial charge in [0.15, 0.2) is 5.65 Å². The van der Waals surface area contributed by atoms with Crippen molar-refractivity contribution in [3.05, 3.63) is 11.5 Å². The van der Waals surface area contributed by atoms with Crippen molar-refractivity contribution in [2.75, 3.05) is 31.1 Å². The zero-order valence-corrected chi connectivity index (χ0v) is 16.0. The van der Waals surface area contributed by atoms with E-state index < -0.39 is 0 Å². The van der Waals surface area contributed by atoms with E-state index >= 15 is 0 Å². The molecule has 0 aliphatic carbocycles. The number of rotatable bonds is 3. The van der Waals surface area contributed by atoms with E-state index in [-0.39, 0.29) is 0 Å². The molecule has 0 unspecified atom stereocenters. The standard InChI is InChI=1S/C19H30N6/c1-13-17-18(23(4)22-13)20-15(3)21-19(17)25-11-7-16(8-12-25)14(2)24-9-5-6-10-24/h14,16H,5-12H2,1-4H3/t14-/m1/s1. The molecular formula is C19H30N6. The molecule has 0 aromatic carbocycles. The molecule has 2 aromatic heterocycles. The first kappa shape index (κ1) is 16.8. The van der Waals surface area contributed by atoms with Gasteiger partial charge in [0.05, 0.1) is 11.1 Å². The van der Waals surface area contributed by atoms with E-state index in [9.17, 15) is 0 Å². The summed E-state index contributed by atoms with van der Waals surface area (Å²) >= 11 is 0. The molecule has 0 spiro atoms. The lowest BCUT2D eigenvalue weighted by atomic mass is 9.89. The minimum absolute atomic E-state index is 0.719. The smallest absolute Gasteiger partial charge is 0.163 e. The Kier molecular flexibility index (Phi) is 4.40. The maximum absolute atomic E-state index is 4.80. The Bertz CT molecular complexity index is 753. The molecule has 2 aromatic rings. The number of hydrogen-bond donors (Lipinski definition) is 0. The van der Waals surface area contributed by atoms with Crippen LogP contribution in [0.3, 0.4) is 0 Å². The predicted octanol–water partition coefficient (Wildman–Crippen LogP) is 2.68. The third-order valence-electron chi connectivity index (χ3n) is 6.19. The molecular weight excluding hydrogens is 312 g/mol. The van der Waals surface area contributed by atoms with Gasteiger partial charge in [-0.05, 0) is 65.5 Å². The van der Waals surface area contributed by atoms with Crippen LogP contribution in [-0.2, 0) is 7.05 Å². The largest absolute Gasteiger partial charge is 0.356 e. The Morgan fingerprint density at radius 1 is 1.00 bits per heavy atom. The second-order valence-electron chi connectivity index (χ2n) is 7.81. The van der Waals surface area contributed by atoms with Gasteiger partial charge in [0, 0.05) is 26.2 Å². The Labute approximate surface area is 150 Å². The van der Waals surface area contributed by atoms with Crippen LogP contribution in [0, 0.1) is 19.8 Å². The highest BCUT2D eigenvalue weighted by molar-refractivity contribution is 5.89. The Morgan fingerprint density at radius 2 is 1.68 bits per heavy atom. The van der Waals surface area contributed by atoms with E-state index in [0.29, 0.717) is 0 Å². The van der Waals surface area contributed by atoms with E-state index in [2.05, 4.69) is 33.7 Å². The molecule has 1 atom stereocenters. The highest BCUT2D eigenvalue weighted by atomic mass is 15.3. The lowest BCUT2D eigenvalue weighted by Crippen LogP contribution is -2.43. The number of likely N-dealkylation sites (tertiary alicyclic amines) is 1. The maximum atomic E-state index is 4.80. The van der Waals surface area contributed by atoms with Crippen molar-refractivity contribution in [3.63, 3.8) is 0 Å². The third-order valence-corrected chi connectivity index (χ3v) is 6.19. The quantitative estimate of drug-likeness (QED) is 0.858. The van der Waals surface area contributed by atoms with Crippen molar-refractivity contribution in [2.24, 2.45) is 13.0 Å². The number of piperidine rings is 1. The topological polar surface area (TPSA) is 50.1 Å². The van der Waals surface area contributed by atoms with Crippen molar-refractivity contribution < 1.29 is 0 Å². The monoisotopic (exact) mass is 342 g/mol. The first-order chi connectivity index (χ1) is 12.0. The molecule has 0 amide bonds. The van der Waals surface area contributed by atoms with Gasteiger partial charge < -0.3 is 9.80 Å². The third kappa shape index (κ3) is 3.01. The minimum atomic E-state index is 0.719. The van der Waals surface area contributed by atoms with Gasteiger partial charge in [0.2, 0.25) is 0 Å².